The van der Waals surface area contributed by atoms with E-state index in [1.807, 2.05) is 18.2 Å². The summed E-state index contributed by atoms with van der Waals surface area (Å²) in [5, 5.41) is 17.7. The summed E-state index contributed by atoms with van der Waals surface area (Å²) in [6, 6.07) is 6.74. The topological polar surface area (TPSA) is 76.5 Å². The van der Waals surface area contributed by atoms with E-state index in [4.69, 9.17) is 4.42 Å². The van der Waals surface area contributed by atoms with Crippen molar-refractivity contribution in [3.8, 4) is 22.6 Å². The van der Waals surface area contributed by atoms with E-state index in [2.05, 4.69) is 15.2 Å². The number of rotatable bonds is 4. The number of fused-ring (bicyclic) bond motifs is 1. The summed E-state index contributed by atoms with van der Waals surface area (Å²) in [5.74, 6) is -0.222. The van der Waals surface area contributed by atoms with Crippen molar-refractivity contribution in [3.63, 3.8) is 0 Å². The van der Waals surface area contributed by atoms with Crippen LogP contribution in [0.1, 0.15) is 31.5 Å². The average molecular weight is 370 g/mol. The van der Waals surface area contributed by atoms with Gasteiger partial charge in [-0.3, -0.25) is 4.40 Å². The second-order valence-electron chi connectivity index (χ2n) is 6.43. The van der Waals surface area contributed by atoms with Gasteiger partial charge in [-0.15, -0.1) is 10.2 Å². The maximum atomic E-state index is 14.3. The summed E-state index contributed by atoms with van der Waals surface area (Å²) < 4.78 is 35.1. The fourth-order valence-electron chi connectivity index (χ4n) is 2.93. The lowest BCUT2D eigenvalue weighted by Crippen LogP contribution is -1.97. The molecule has 6 nitrogen and oxygen atoms in total. The Bertz CT molecular complexity index is 1130. The summed E-state index contributed by atoms with van der Waals surface area (Å²) in [4.78, 5) is 4.17. The Morgan fingerprint density at radius 1 is 1.15 bits per heavy atom. The van der Waals surface area contributed by atoms with Crippen molar-refractivity contribution < 1.29 is 18.3 Å². The van der Waals surface area contributed by atoms with Gasteiger partial charge in [0.25, 0.3) is 0 Å². The second-order valence-corrected chi connectivity index (χ2v) is 6.43. The maximum Gasteiger partial charge on any atom is 0.221 e. The Balaban J connectivity index is 1.92. The minimum Gasteiger partial charge on any atom is -0.437 e. The van der Waals surface area contributed by atoms with Crippen LogP contribution in [0.4, 0.5) is 8.78 Å². The molecular formula is C19H16F2N4O2. The third kappa shape index (κ3) is 2.97. The van der Waals surface area contributed by atoms with Crippen molar-refractivity contribution >= 4 is 5.65 Å². The molecular weight excluding hydrogens is 354 g/mol. The molecule has 1 aromatic carbocycles. The Morgan fingerprint density at radius 2 is 1.96 bits per heavy atom. The molecule has 0 fully saturated rings. The first-order valence-corrected chi connectivity index (χ1v) is 8.39. The zero-order valence-electron chi connectivity index (χ0n) is 14.6. The molecule has 27 heavy (non-hydrogen) atoms. The van der Waals surface area contributed by atoms with Crippen LogP contribution in [0.5, 0.6) is 0 Å². The van der Waals surface area contributed by atoms with Crippen molar-refractivity contribution in [3.05, 3.63) is 59.9 Å². The van der Waals surface area contributed by atoms with Gasteiger partial charge in [-0.1, -0.05) is 13.8 Å². The molecule has 0 unspecified atom stereocenters. The maximum absolute atomic E-state index is 14.3. The van der Waals surface area contributed by atoms with Gasteiger partial charge < -0.3 is 9.52 Å². The lowest BCUT2D eigenvalue weighted by atomic mass is 10.1. The van der Waals surface area contributed by atoms with E-state index in [0.717, 1.165) is 18.0 Å². The summed E-state index contributed by atoms with van der Waals surface area (Å²) in [6.45, 7) is 3.56. The number of benzene rings is 1. The number of hydrogen-bond donors (Lipinski definition) is 1. The first-order valence-electron chi connectivity index (χ1n) is 8.39. The Labute approximate surface area is 153 Å². The summed E-state index contributed by atoms with van der Waals surface area (Å²) in [6.07, 6.45) is 1.78. The van der Waals surface area contributed by atoms with Crippen LogP contribution in [0.2, 0.25) is 0 Å². The van der Waals surface area contributed by atoms with Gasteiger partial charge in [0.15, 0.2) is 11.4 Å². The number of pyridine rings is 1. The van der Waals surface area contributed by atoms with Gasteiger partial charge >= 0.3 is 0 Å². The molecule has 0 spiro atoms. The van der Waals surface area contributed by atoms with E-state index in [1.165, 1.54) is 6.07 Å². The van der Waals surface area contributed by atoms with Crippen LogP contribution in [-0.2, 0) is 6.61 Å². The highest BCUT2D eigenvalue weighted by molar-refractivity contribution is 5.77. The van der Waals surface area contributed by atoms with Crippen molar-refractivity contribution in [1.82, 2.24) is 19.6 Å². The fourth-order valence-corrected chi connectivity index (χ4v) is 2.93. The lowest BCUT2D eigenvalue weighted by molar-refractivity contribution is 0.241. The predicted octanol–water partition coefficient (Wildman–Crippen LogP) is 3.95. The van der Waals surface area contributed by atoms with Gasteiger partial charge in [-0.2, -0.15) is 0 Å². The molecule has 0 saturated heterocycles. The number of halogens is 2. The summed E-state index contributed by atoms with van der Waals surface area (Å²) in [7, 11) is 0. The van der Waals surface area contributed by atoms with Crippen LogP contribution in [0.15, 0.2) is 40.9 Å². The van der Waals surface area contributed by atoms with Crippen LogP contribution in [0.25, 0.3) is 28.2 Å². The molecule has 1 N–H and O–H groups in total. The second kappa shape index (κ2) is 6.55. The van der Waals surface area contributed by atoms with E-state index in [1.54, 1.807) is 18.3 Å². The van der Waals surface area contributed by atoms with Gasteiger partial charge in [0.1, 0.15) is 29.8 Å². The minimum atomic E-state index is -0.762. The van der Waals surface area contributed by atoms with Gasteiger partial charge in [0.2, 0.25) is 5.89 Å². The Kier molecular flexibility index (Phi) is 4.19. The highest BCUT2D eigenvalue weighted by Gasteiger charge is 2.21. The SMILES string of the molecule is CC(C)c1nnc2ccc(-c3oc(CO)nc3-c3ccc(F)cc3F)cn12. The van der Waals surface area contributed by atoms with Crippen LogP contribution in [0.3, 0.4) is 0 Å². The summed E-state index contributed by atoms with van der Waals surface area (Å²) >= 11 is 0. The zero-order chi connectivity index (χ0) is 19.1. The van der Waals surface area contributed by atoms with Crippen molar-refractivity contribution in [2.75, 3.05) is 0 Å². The molecule has 4 aromatic rings. The number of aromatic nitrogens is 4. The lowest BCUT2D eigenvalue weighted by Gasteiger charge is -2.06. The Hall–Kier alpha value is -3.13. The molecule has 0 aliphatic carbocycles. The Morgan fingerprint density at radius 3 is 2.67 bits per heavy atom. The molecule has 0 bridgehead atoms. The zero-order valence-corrected chi connectivity index (χ0v) is 14.6. The highest BCUT2D eigenvalue weighted by atomic mass is 19.1. The normalized spacial score (nSPS) is 11.6. The molecule has 3 aromatic heterocycles. The van der Waals surface area contributed by atoms with Crippen LogP contribution in [-0.4, -0.2) is 24.7 Å². The van der Waals surface area contributed by atoms with Crippen molar-refractivity contribution in [2.24, 2.45) is 0 Å². The summed E-state index contributed by atoms with van der Waals surface area (Å²) in [5.41, 5.74) is 1.55. The molecule has 138 valence electrons. The van der Waals surface area contributed by atoms with Gasteiger partial charge in [-0.25, -0.2) is 13.8 Å². The van der Waals surface area contributed by atoms with Crippen molar-refractivity contribution in [1.29, 1.82) is 0 Å². The number of aliphatic hydroxyl groups is 1. The predicted molar refractivity (Wildman–Crippen MR) is 93.8 cm³/mol. The number of hydrogen-bond acceptors (Lipinski definition) is 5. The quantitative estimate of drug-likeness (QED) is 0.589. The molecule has 0 aliphatic rings. The number of oxazole rings is 1. The molecule has 0 saturated carbocycles. The molecule has 3 heterocycles. The molecule has 0 amide bonds. The molecule has 0 radical (unpaired) electrons. The number of nitrogens with zero attached hydrogens (tertiary/aromatic N) is 4. The van der Waals surface area contributed by atoms with Crippen LogP contribution >= 0.6 is 0 Å². The molecule has 0 aliphatic heterocycles. The third-order valence-electron chi connectivity index (χ3n) is 4.20. The van der Waals surface area contributed by atoms with Crippen LogP contribution < -0.4 is 0 Å². The van der Waals surface area contributed by atoms with Crippen LogP contribution in [0, 0.1) is 11.6 Å². The van der Waals surface area contributed by atoms with Gasteiger partial charge in [-0.05, 0) is 24.3 Å². The molecule has 4 rings (SSSR count). The standard InChI is InChI=1S/C19H16F2N4O2/c1-10(2)19-24-23-15-6-3-11(8-25(15)19)18-17(22-16(9-26)27-18)13-5-4-12(20)7-14(13)21/h3-8,10,26H,9H2,1-2H3. The number of aliphatic hydroxyl groups excluding tert-OH is 1. The van der Waals surface area contributed by atoms with E-state index >= 15 is 0 Å². The first-order chi connectivity index (χ1) is 13.0. The van der Waals surface area contributed by atoms with E-state index < -0.39 is 18.2 Å². The van der Waals surface area contributed by atoms with Gasteiger partial charge in [0.05, 0.1) is 0 Å². The van der Waals surface area contributed by atoms with Gasteiger partial charge in [0, 0.05) is 29.3 Å². The van der Waals surface area contributed by atoms with E-state index in [0.29, 0.717) is 11.2 Å². The smallest absolute Gasteiger partial charge is 0.221 e. The largest absolute Gasteiger partial charge is 0.437 e. The first kappa shape index (κ1) is 17.3. The minimum absolute atomic E-state index is 0.0386. The van der Waals surface area contributed by atoms with E-state index in [9.17, 15) is 13.9 Å². The average Bonchev–Trinajstić information content (AvgIpc) is 3.25. The highest BCUT2D eigenvalue weighted by Crippen LogP contribution is 2.34. The fraction of sp³-hybridized carbons (Fsp3) is 0.211. The monoisotopic (exact) mass is 370 g/mol. The van der Waals surface area contributed by atoms with Crippen molar-refractivity contribution in [2.45, 2.75) is 26.4 Å². The molecule has 8 heteroatoms. The van der Waals surface area contributed by atoms with E-state index in [-0.39, 0.29) is 28.8 Å². The third-order valence-corrected chi connectivity index (χ3v) is 4.20. The molecule has 0 atom stereocenters.